The third-order valence-electron chi connectivity index (χ3n) is 5.84. The van der Waals surface area contributed by atoms with E-state index in [4.69, 9.17) is 4.74 Å². The molecule has 1 fully saturated rings. The molecule has 0 aromatic heterocycles. The van der Waals surface area contributed by atoms with Gasteiger partial charge in [-0.1, -0.05) is 25.1 Å². The van der Waals surface area contributed by atoms with Crippen LogP contribution < -0.4 is 10.6 Å². The molecule has 1 heterocycles. The number of esters is 1. The van der Waals surface area contributed by atoms with Gasteiger partial charge in [0.15, 0.2) is 5.78 Å². The minimum absolute atomic E-state index is 0.0211. The van der Waals surface area contributed by atoms with Crippen LogP contribution in [0.15, 0.2) is 30.9 Å². The van der Waals surface area contributed by atoms with Crippen LogP contribution >= 0.6 is 0 Å². The lowest BCUT2D eigenvalue weighted by Crippen LogP contribution is -2.55. The number of rotatable bonds is 4. The Morgan fingerprint density at radius 2 is 2.07 bits per heavy atom. The van der Waals surface area contributed by atoms with E-state index in [1.807, 2.05) is 19.1 Å². The van der Waals surface area contributed by atoms with Gasteiger partial charge in [-0.25, -0.2) is 0 Å². The minimum atomic E-state index is -0.760. The van der Waals surface area contributed by atoms with Gasteiger partial charge in [-0.3, -0.25) is 14.4 Å². The van der Waals surface area contributed by atoms with Gasteiger partial charge in [-0.15, -0.1) is 6.58 Å². The fraction of sp³-hybridized carbons (Fsp3) is 0.500. The van der Waals surface area contributed by atoms with Crippen LogP contribution in [-0.4, -0.2) is 36.4 Å². The summed E-state index contributed by atoms with van der Waals surface area (Å²) < 4.78 is 5.67. The third kappa shape index (κ3) is 3.61. The molecule has 0 bridgehead atoms. The molecule has 6 nitrogen and oxygen atoms in total. The Labute approximate surface area is 165 Å². The van der Waals surface area contributed by atoms with Crippen molar-refractivity contribution in [3.8, 4) is 0 Å². The largest absolute Gasteiger partial charge is 0.462 e. The molecule has 1 aliphatic heterocycles. The molecule has 6 heteroatoms. The maximum atomic E-state index is 13.0. The number of benzene rings is 1. The Hall–Kier alpha value is -2.47. The van der Waals surface area contributed by atoms with Gasteiger partial charge >= 0.3 is 5.97 Å². The van der Waals surface area contributed by atoms with Crippen molar-refractivity contribution < 1.29 is 19.1 Å². The maximum absolute atomic E-state index is 13.0. The highest BCUT2D eigenvalue weighted by Gasteiger charge is 2.46. The molecule has 1 aromatic carbocycles. The standard InChI is InChI=1S/C22H28N2O4/c1-6-22(4,5)21(27)24-15-9-7-8-14-18(15)17(26)10-16-19(14)20(28-13(3)25)12(2)11-23-16/h6-9,12,16,19-20,23H,1,10-11H2,2-5H3,(H,24,27)/t12-,16+,19-,20+/m0/s1. The van der Waals surface area contributed by atoms with Gasteiger partial charge < -0.3 is 15.4 Å². The summed E-state index contributed by atoms with van der Waals surface area (Å²) in [5.74, 6) is -0.591. The highest BCUT2D eigenvalue weighted by Crippen LogP contribution is 2.42. The average molecular weight is 384 g/mol. The van der Waals surface area contributed by atoms with Crippen LogP contribution in [-0.2, 0) is 14.3 Å². The Morgan fingerprint density at radius 3 is 2.71 bits per heavy atom. The molecule has 0 radical (unpaired) electrons. The van der Waals surface area contributed by atoms with Gasteiger partial charge in [0.25, 0.3) is 0 Å². The zero-order valence-corrected chi connectivity index (χ0v) is 16.9. The molecular weight excluding hydrogens is 356 g/mol. The summed E-state index contributed by atoms with van der Waals surface area (Å²) in [6.07, 6.45) is 1.57. The van der Waals surface area contributed by atoms with Crippen molar-refractivity contribution >= 4 is 23.3 Å². The third-order valence-corrected chi connectivity index (χ3v) is 5.84. The van der Waals surface area contributed by atoms with Crippen molar-refractivity contribution in [2.45, 2.75) is 52.2 Å². The molecule has 1 aromatic rings. The number of anilines is 1. The van der Waals surface area contributed by atoms with Crippen molar-refractivity contribution in [1.82, 2.24) is 5.32 Å². The van der Waals surface area contributed by atoms with Crippen molar-refractivity contribution in [2.75, 3.05) is 11.9 Å². The highest BCUT2D eigenvalue weighted by atomic mass is 16.5. The number of hydrogen-bond donors (Lipinski definition) is 2. The molecular formula is C22H28N2O4. The SMILES string of the molecule is C=CC(C)(C)C(=O)Nc1cccc2c1C(=O)C[C@H]1NC[C@H](C)[C@@H](OC(C)=O)[C@@H]21. The van der Waals surface area contributed by atoms with Crippen LogP contribution in [0.5, 0.6) is 0 Å². The average Bonchev–Trinajstić information content (AvgIpc) is 2.63. The van der Waals surface area contributed by atoms with Gasteiger partial charge in [0, 0.05) is 43.3 Å². The molecule has 0 spiro atoms. The predicted molar refractivity (Wildman–Crippen MR) is 107 cm³/mol. The molecule has 4 atom stereocenters. The van der Waals surface area contributed by atoms with E-state index in [0.717, 1.165) is 5.56 Å². The van der Waals surface area contributed by atoms with Gasteiger partial charge in [0.1, 0.15) is 6.10 Å². The molecule has 28 heavy (non-hydrogen) atoms. The zero-order chi connectivity index (χ0) is 20.6. The van der Waals surface area contributed by atoms with Crippen LogP contribution in [0.25, 0.3) is 0 Å². The summed E-state index contributed by atoms with van der Waals surface area (Å²) in [7, 11) is 0. The van der Waals surface area contributed by atoms with Crippen LogP contribution in [0.4, 0.5) is 5.69 Å². The van der Waals surface area contributed by atoms with Crippen LogP contribution in [0.2, 0.25) is 0 Å². The lowest BCUT2D eigenvalue weighted by molar-refractivity contribution is -0.152. The first kappa shape index (κ1) is 20.3. The molecule has 1 amide bonds. The van der Waals surface area contributed by atoms with E-state index in [2.05, 4.69) is 17.2 Å². The van der Waals surface area contributed by atoms with Crippen molar-refractivity contribution in [3.63, 3.8) is 0 Å². The number of ketones is 1. The molecule has 2 aliphatic rings. The number of fused-ring (bicyclic) bond motifs is 3. The van der Waals surface area contributed by atoms with Gasteiger partial charge in [-0.2, -0.15) is 0 Å². The number of piperidine rings is 1. The quantitative estimate of drug-likeness (QED) is 0.616. The van der Waals surface area contributed by atoms with E-state index >= 15 is 0 Å². The molecule has 0 saturated carbocycles. The van der Waals surface area contributed by atoms with E-state index < -0.39 is 5.41 Å². The van der Waals surface area contributed by atoms with Crippen LogP contribution in [0.1, 0.15) is 56.0 Å². The fourth-order valence-corrected chi connectivity index (χ4v) is 4.08. The van der Waals surface area contributed by atoms with Gasteiger partial charge in [0.2, 0.25) is 5.91 Å². The van der Waals surface area contributed by atoms with E-state index in [1.165, 1.54) is 6.92 Å². The molecule has 1 aliphatic carbocycles. The van der Waals surface area contributed by atoms with E-state index in [-0.39, 0.29) is 41.6 Å². The lowest BCUT2D eigenvalue weighted by Gasteiger charge is -2.45. The maximum Gasteiger partial charge on any atom is 0.302 e. The highest BCUT2D eigenvalue weighted by molar-refractivity contribution is 6.08. The van der Waals surface area contributed by atoms with E-state index in [9.17, 15) is 14.4 Å². The monoisotopic (exact) mass is 384 g/mol. The summed E-state index contributed by atoms with van der Waals surface area (Å²) in [6.45, 7) is 11.4. The van der Waals surface area contributed by atoms with E-state index in [0.29, 0.717) is 24.2 Å². The molecule has 150 valence electrons. The second kappa shape index (κ2) is 7.51. The molecule has 0 unspecified atom stereocenters. The minimum Gasteiger partial charge on any atom is -0.462 e. The molecule has 1 saturated heterocycles. The number of nitrogens with one attached hydrogen (secondary N) is 2. The number of ether oxygens (including phenoxy) is 1. The summed E-state index contributed by atoms with van der Waals surface area (Å²) in [5, 5.41) is 6.32. The Balaban J connectivity index is 2.04. The molecule has 2 N–H and O–H groups in total. The summed E-state index contributed by atoms with van der Waals surface area (Å²) in [4.78, 5) is 37.3. The number of carbonyl (C=O) groups excluding carboxylic acids is 3. The lowest BCUT2D eigenvalue weighted by atomic mass is 9.70. The Kier molecular flexibility index (Phi) is 5.44. The summed E-state index contributed by atoms with van der Waals surface area (Å²) in [5.41, 5.74) is 1.08. The topological polar surface area (TPSA) is 84.5 Å². The second-order valence-corrected chi connectivity index (χ2v) is 8.37. The normalized spacial score (nSPS) is 26.6. The first-order valence-corrected chi connectivity index (χ1v) is 9.67. The number of amides is 1. The van der Waals surface area contributed by atoms with Crippen LogP contribution in [0, 0.1) is 11.3 Å². The van der Waals surface area contributed by atoms with Crippen molar-refractivity contribution in [3.05, 3.63) is 42.0 Å². The first-order chi connectivity index (χ1) is 13.2. The zero-order valence-electron chi connectivity index (χ0n) is 16.9. The Morgan fingerprint density at radius 1 is 1.36 bits per heavy atom. The summed E-state index contributed by atoms with van der Waals surface area (Å²) in [6, 6.07) is 5.38. The smallest absolute Gasteiger partial charge is 0.302 e. The second-order valence-electron chi connectivity index (χ2n) is 8.37. The van der Waals surface area contributed by atoms with E-state index in [1.54, 1.807) is 26.0 Å². The number of Topliss-reactive ketones (excluding diaryl/α,β-unsaturated/α-hetero) is 1. The number of hydrogen-bond acceptors (Lipinski definition) is 5. The predicted octanol–water partition coefficient (Wildman–Crippen LogP) is 3.05. The number of carbonyl (C=O) groups is 3. The van der Waals surface area contributed by atoms with Crippen molar-refractivity contribution in [1.29, 1.82) is 0 Å². The van der Waals surface area contributed by atoms with Gasteiger partial charge in [-0.05, 0) is 25.5 Å². The van der Waals surface area contributed by atoms with Gasteiger partial charge in [0.05, 0.1) is 11.1 Å². The fourth-order valence-electron chi connectivity index (χ4n) is 4.08. The first-order valence-electron chi connectivity index (χ1n) is 9.67. The van der Waals surface area contributed by atoms with Crippen LogP contribution in [0.3, 0.4) is 0 Å². The Bertz CT molecular complexity index is 830. The summed E-state index contributed by atoms with van der Waals surface area (Å²) >= 11 is 0. The molecule has 3 rings (SSSR count). The van der Waals surface area contributed by atoms with Crippen molar-refractivity contribution in [2.24, 2.45) is 11.3 Å².